The first-order valence-corrected chi connectivity index (χ1v) is 14.2. The van der Waals surface area contributed by atoms with Crippen LogP contribution in [-0.2, 0) is 19.1 Å². The molecule has 0 spiro atoms. The quantitative estimate of drug-likeness (QED) is 0.194. The molecule has 0 bridgehead atoms. The Bertz CT molecular complexity index is 739. The molecule has 3 N–H and O–H groups in total. The van der Waals surface area contributed by atoms with Crippen molar-refractivity contribution in [3.05, 3.63) is 0 Å². The van der Waals surface area contributed by atoms with Crippen LogP contribution >= 0.6 is 0 Å². The van der Waals surface area contributed by atoms with Crippen LogP contribution in [0.25, 0.3) is 0 Å². The van der Waals surface area contributed by atoms with Crippen LogP contribution in [0.3, 0.4) is 0 Å². The van der Waals surface area contributed by atoms with Crippen molar-refractivity contribution in [2.45, 2.75) is 151 Å². The van der Waals surface area contributed by atoms with Crippen LogP contribution in [0.4, 0.5) is 0 Å². The third-order valence-electron chi connectivity index (χ3n) is 6.92. The monoisotopic (exact) mass is 525 g/mol. The summed E-state index contributed by atoms with van der Waals surface area (Å²) in [4.78, 5) is 38.1. The van der Waals surface area contributed by atoms with E-state index in [1.54, 1.807) is 0 Å². The van der Waals surface area contributed by atoms with Crippen LogP contribution in [0.5, 0.6) is 0 Å². The molecule has 0 aliphatic carbocycles. The van der Waals surface area contributed by atoms with Gasteiger partial charge in [0.1, 0.15) is 0 Å². The molecule has 0 saturated carbocycles. The molecule has 0 aromatic heterocycles. The van der Waals surface area contributed by atoms with E-state index in [-0.39, 0.29) is 17.7 Å². The van der Waals surface area contributed by atoms with E-state index in [0.29, 0.717) is 32.3 Å². The van der Waals surface area contributed by atoms with Gasteiger partial charge in [-0.15, -0.1) is 0 Å². The molecule has 0 unspecified atom stereocenters. The summed E-state index contributed by atoms with van der Waals surface area (Å²) in [6, 6.07) is 0. The van der Waals surface area contributed by atoms with E-state index < -0.39 is 27.5 Å². The van der Waals surface area contributed by atoms with Gasteiger partial charge in [-0.05, 0) is 73.6 Å². The summed E-state index contributed by atoms with van der Waals surface area (Å²) >= 11 is 0. The summed E-state index contributed by atoms with van der Waals surface area (Å²) in [5, 5.41) is 9.31. The zero-order valence-corrected chi connectivity index (χ0v) is 26.2. The highest BCUT2D eigenvalue weighted by Crippen LogP contribution is 2.31. The van der Waals surface area contributed by atoms with E-state index in [0.717, 1.165) is 32.2 Å². The molecule has 0 fully saturated rings. The minimum Gasteiger partial charge on any atom is -0.375 e. The van der Waals surface area contributed by atoms with Crippen molar-refractivity contribution < 1.29 is 19.1 Å². The number of nitrogens with one attached hydrogen (secondary N) is 3. The van der Waals surface area contributed by atoms with E-state index in [2.05, 4.69) is 29.8 Å². The lowest BCUT2D eigenvalue weighted by molar-refractivity contribution is -0.136. The van der Waals surface area contributed by atoms with E-state index in [9.17, 15) is 14.4 Å². The normalized spacial score (nSPS) is 13.3. The SMILES string of the molecule is CCCCNC(=O)CCC(C)(C)OCCC(C)(C)NC(=O)C(C)(C)CC(C)(C)NC(=O)C(C)(C)CCC. The molecular weight excluding hydrogens is 466 g/mol. The molecule has 0 aliphatic rings. The molecule has 37 heavy (non-hydrogen) atoms. The number of unbranched alkanes of at least 4 members (excludes halogenated alkanes) is 1. The molecule has 7 nitrogen and oxygen atoms in total. The Morgan fingerprint density at radius 3 is 1.76 bits per heavy atom. The van der Waals surface area contributed by atoms with Gasteiger partial charge in [0.05, 0.1) is 5.60 Å². The largest absolute Gasteiger partial charge is 0.375 e. The van der Waals surface area contributed by atoms with Gasteiger partial charge in [0.2, 0.25) is 17.7 Å². The second-order valence-corrected chi connectivity index (χ2v) is 13.9. The molecule has 0 heterocycles. The molecule has 3 amide bonds. The Labute approximate surface area is 228 Å². The summed E-state index contributed by atoms with van der Waals surface area (Å²) in [5.74, 6) is 0.0396. The maximum atomic E-state index is 13.3. The van der Waals surface area contributed by atoms with Gasteiger partial charge in [-0.2, -0.15) is 0 Å². The van der Waals surface area contributed by atoms with Gasteiger partial charge in [0.15, 0.2) is 0 Å². The standard InChI is InChI=1S/C30H59N3O4/c1-13-15-20-31-23(34)16-18-30(11,12)37-21-19-28(7,8)32-25(36)27(5,6)22-29(9,10)33-24(35)26(3,4)17-14-2/h13-22H2,1-12H3,(H,31,34)(H,32,36)(H,33,35). The van der Waals surface area contributed by atoms with Crippen molar-refractivity contribution in [3.8, 4) is 0 Å². The molecule has 218 valence electrons. The van der Waals surface area contributed by atoms with Gasteiger partial charge in [-0.25, -0.2) is 0 Å². The van der Waals surface area contributed by atoms with Gasteiger partial charge < -0.3 is 20.7 Å². The molecule has 0 aliphatic heterocycles. The predicted octanol–water partition coefficient (Wildman–Crippen LogP) is 5.90. The Morgan fingerprint density at radius 1 is 0.676 bits per heavy atom. The fraction of sp³-hybridized carbons (Fsp3) is 0.900. The summed E-state index contributed by atoms with van der Waals surface area (Å²) < 4.78 is 6.11. The maximum absolute atomic E-state index is 13.3. The summed E-state index contributed by atoms with van der Waals surface area (Å²) in [5.41, 5.74) is -2.52. The van der Waals surface area contributed by atoms with Crippen LogP contribution in [0, 0.1) is 10.8 Å². The first-order chi connectivity index (χ1) is 16.7. The van der Waals surface area contributed by atoms with Gasteiger partial charge in [0, 0.05) is 41.5 Å². The highest BCUT2D eigenvalue weighted by Gasteiger charge is 2.39. The highest BCUT2D eigenvalue weighted by atomic mass is 16.5. The van der Waals surface area contributed by atoms with E-state index in [1.807, 2.05) is 69.2 Å². The second-order valence-electron chi connectivity index (χ2n) is 13.9. The van der Waals surface area contributed by atoms with Crippen molar-refractivity contribution in [1.82, 2.24) is 16.0 Å². The third-order valence-corrected chi connectivity index (χ3v) is 6.92. The van der Waals surface area contributed by atoms with Gasteiger partial charge in [-0.1, -0.05) is 54.4 Å². The number of amides is 3. The molecule has 0 radical (unpaired) electrons. The second kappa shape index (κ2) is 14.5. The number of ether oxygens (including phenoxy) is 1. The number of hydrogen-bond donors (Lipinski definition) is 3. The van der Waals surface area contributed by atoms with E-state index in [1.165, 1.54) is 0 Å². The average Bonchev–Trinajstić information content (AvgIpc) is 2.70. The van der Waals surface area contributed by atoms with E-state index >= 15 is 0 Å². The molecule has 0 aromatic carbocycles. The van der Waals surface area contributed by atoms with Crippen LogP contribution in [0.1, 0.15) is 134 Å². The molecular formula is C30H59N3O4. The topological polar surface area (TPSA) is 96.5 Å². The average molecular weight is 526 g/mol. The molecule has 7 heteroatoms. The fourth-order valence-corrected chi connectivity index (χ4v) is 4.55. The molecule has 0 aromatic rings. The van der Waals surface area contributed by atoms with Crippen molar-refractivity contribution in [2.75, 3.05) is 13.2 Å². The number of hydrogen-bond acceptors (Lipinski definition) is 4. The Kier molecular flexibility index (Phi) is 13.9. The third kappa shape index (κ3) is 14.8. The van der Waals surface area contributed by atoms with Crippen LogP contribution in [-0.4, -0.2) is 47.6 Å². The summed E-state index contributed by atoms with van der Waals surface area (Å²) in [6.07, 6.45) is 6.05. The van der Waals surface area contributed by atoms with Crippen LogP contribution in [0.15, 0.2) is 0 Å². The van der Waals surface area contributed by atoms with Crippen LogP contribution in [0.2, 0.25) is 0 Å². The van der Waals surface area contributed by atoms with Crippen molar-refractivity contribution in [2.24, 2.45) is 10.8 Å². The molecule has 0 rings (SSSR count). The zero-order valence-electron chi connectivity index (χ0n) is 26.2. The van der Waals surface area contributed by atoms with Crippen molar-refractivity contribution in [3.63, 3.8) is 0 Å². The lowest BCUT2D eigenvalue weighted by Gasteiger charge is -2.39. The first-order valence-electron chi connectivity index (χ1n) is 14.2. The van der Waals surface area contributed by atoms with Gasteiger partial charge in [-0.3, -0.25) is 14.4 Å². The zero-order chi connectivity index (χ0) is 29.1. The van der Waals surface area contributed by atoms with Gasteiger partial charge in [0.25, 0.3) is 0 Å². The minimum atomic E-state index is -0.672. The lowest BCUT2D eigenvalue weighted by Crippen LogP contribution is -2.55. The Hall–Kier alpha value is -1.63. The summed E-state index contributed by atoms with van der Waals surface area (Å²) in [7, 11) is 0. The Morgan fingerprint density at radius 2 is 1.22 bits per heavy atom. The highest BCUT2D eigenvalue weighted by molar-refractivity contribution is 5.84. The number of carbonyl (C=O) groups is 3. The Balaban J connectivity index is 4.81. The number of carbonyl (C=O) groups excluding carboxylic acids is 3. The van der Waals surface area contributed by atoms with Crippen molar-refractivity contribution >= 4 is 17.7 Å². The van der Waals surface area contributed by atoms with E-state index in [4.69, 9.17) is 4.74 Å². The number of rotatable bonds is 18. The smallest absolute Gasteiger partial charge is 0.226 e. The fourth-order valence-electron chi connectivity index (χ4n) is 4.55. The van der Waals surface area contributed by atoms with Crippen molar-refractivity contribution in [1.29, 1.82) is 0 Å². The van der Waals surface area contributed by atoms with Gasteiger partial charge >= 0.3 is 0 Å². The minimum absolute atomic E-state index is 0.0223. The first kappa shape index (κ1) is 35.4. The predicted molar refractivity (Wildman–Crippen MR) is 153 cm³/mol. The maximum Gasteiger partial charge on any atom is 0.226 e. The van der Waals surface area contributed by atoms with Crippen LogP contribution < -0.4 is 16.0 Å². The lowest BCUT2D eigenvalue weighted by atomic mass is 9.77. The summed E-state index contributed by atoms with van der Waals surface area (Å²) in [6.45, 7) is 25.1. The molecule has 0 saturated heterocycles. The molecule has 0 atom stereocenters.